The minimum Gasteiger partial charge on any atom is -0.323 e. The number of carbonyl (C=O) groups is 1. The third-order valence-corrected chi connectivity index (χ3v) is 7.60. The zero-order valence-corrected chi connectivity index (χ0v) is 16.5. The summed E-state index contributed by atoms with van der Waals surface area (Å²) in [6, 6.07) is 2.35. The third-order valence-electron chi connectivity index (χ3n) is 6.29. The first-order chi connectivity index (χ1) is 13.5. The van der Waals surface area contributed by atoms with E-state index in [0.29, 0.717) is 38.4 Å². The zero-order valence-electron chi connectivity index (χ0n) is 15.7. The van der Waals surface area contributed by atoms with Crippen molar-refractivity contribution in [3.05, 3.63) is 29.6 Å². The van der Waals surface area contributed by atoms with Gasteiger partial charge in [-0.2, -0.15) is 13.2 Å². The Morgan fingerprint density at radius 3 is 2.45 bits per heavy atom. The van der Waals surface area contributed by atoms with Crippen LogP contribution in [-0.4, -0.2) is 60.7 Å². The Balaban J connectivity index is 1.23. The number of rotatable bonds is 3. The molecule has 3 aliphatic rings. The molecule has 0 bridgehead atoms. The van der Waals surface area contributed by atoms with Gasteiger partial charge in [0.25, 0.3) is 0 Å². The number of pyridine rings is 1. The van der Waals surface area contributed by atoms with Crippen molar-refractivity contribution < 1.29 is 26.4 Å². The molecule has 2 saturated heterocycles. The first-order valence-electron chi connectivity index (χ1n) is 9.53. The van der Waals surface area contributed by atoms with Gasteiger partial charge in [0, 0.05) is 37.8 Å². The van der Waals surface area contributed by atoms with Crippen LogP contribution in [0.2, 0.25) is 0 Å². The smallest absolute Gasteiger partial charge is 0.323 e. The summed E-state index contributed by atoms with van der Waals surface area (Å²) in [7, 11) is -3.63. The van der Waals surface area contributed by atoms with Crippen LogP contribution in [0.3, 0.4) is 0 Å². The highest BCUT2D eigenvalue weighted by Gasteiger charge is 2.54. The van der Waals surface area contributed by atoms with E-state index in [-0.39, 0.29) is 18.0 Å². The minimum atomic E-state index is -4.43. The lowest BCUT2D eigenvalue weighted by Crippen LogP contribution is -2.65. The number of sulfonamides is 1. The summed E-state index contributed by atoms with van der Waals surface area (Å²) in [6.45, 7) is 1.83. The van der Waals surface area contributed by atoms with Gasteiger partial charge in [-0.1, -0.05) is 6.07 Å². The number of primary sulfonamides is 1. The predicted octanol–water partition coefficient (Wildman–Crippen LogP) is 1.84. The van der Waals surface area contributed by atoms with Crippen molar-refractivity contribution in [3.63, 3.8) is 0 Å². The number of likely N-dealkylation sites (tertiary alicyclic amines) is 2. The molecule has 3 fully saturated rings. The molecule has 7 nitrogen and oxygen atoms in total. The maximum absolute atomic E-state index is 12.6. The van der Waals surface area contributed by atoms with Crippen LogP contribution in [-0.2, 0) is 22.6 Å². The van der Waals surface area contributed by atoms with Gasteiger partial charge in [0.1, 0.15) is 5.69 Å². The van der Waals surface area contributed by atoms with Crippen molar-refractivity contribution in [3.8, 4) is 0 Å². The molecule has 160 valence electrons. The first-order valence-corrected chi connectivity index (χ1v) is 11.1. The normalized spacial score (nSPS) is 24.5. The van der Waals surface area contributed by atoms with E-state index in [4.69, 9.17) is 5.14 Å². The summed E-state index contributed by atoms with van der Waals surface area (Å²) in [5, 5.41) is 4.48. The lowest BCUT2D eigenvalue weighted by Gasteiger charge is -2.59. The molecule has 1 spiro atoms. The van der Waals surface area contributed by atoms with E-state index in [1.54, 1.807) is 9.80 Å². The molecule has 3 heterocycles. The van der Waals surface area contributed by atoms with Gasteiger partial charge in [-0.25, -0.2) is 18.4 Å². The average molecular weight is 432 g/mol. The van der Waals surface area contributed by atoms with E-state index in [2.05, 4.69) is 4.98 Å². The number of hydrogen-bond donors (Lipinski definition) is 1. The van der Waals surface area contributed by atoms with Gasteiger partial charge in [0.2, 0.25) is 10.0 Å². The van der Waals surface area contributed by atoms with Crippen LogP contribution < -0.4 is 5.14 Å². The quantitative estimate of drug-likeness (QED) is 0.788. The number of alkyl halides is 3. The Hall–Kier alpha value is -1.88. The zero-order chi connectivity index (χ0) is 21.0. The average Bonchev–Trinajstić information content (AvgIpc) is 3.05. The standard InChI is InChI=1S/C18H23F3N4O3S/c19-18(20,21)15-2-1-12(8-23-15)5-13-6-17(7-13)10-25(11-17)16(26)24-4-3-14(9-24)29(22,27)28/h1-2,8,13-14H,3-7,9-11H2,(H2,22,27,28). The summed E-state index contributed by atoms with van der Waals surface area (Å²) >= 11 is 0. The van der Waals surface area contributed by atoms with Crippen molar-refractivity contribution in [2.24, 2.45) is 16.5 Å². The molecule has 1 atom stereocenters. The van der Waals surface area contributed by atoms with Crippen LogP contribution in [0.15, 0.2) is 18.3 Å². The molecule has 0 aromatic carbocycles. The second kappa shape index (κ2) is 6.83. The molecule has 4 rings (SSSR count). The van der Waals surface area contributed by atoms with Gasteiger partial charge in [-0.3, -0.25) is 4.98 Å². The number of carbonyl (C=O) groups excluding carboxylic acids is 1. The molecular formula is C18H23F3N4O3S. The van der Waals surface area contributed by atoms with Gasteiger partial charge in [0.05, 0.1) is 5.25 Å². The number of urea groups is 1. The number of amides is 2. The van der Waals surface area contributed by atoms with Crippen molar-refractivity contribution in [1.29, 1.82) is 0 Å². The van der Waals surface area contributed by atoms with E-state index < -0.39 is 27.1 Å². The van der Waals surface area contributed by atoms with E-state index in [9.17, 15) is 26.4 Å². The van der Waals surface area contributed by atoms with Crippen LogP contribution in [0, 0.1) is 11.3 Å². The highest BCUT2D eigenvalue weighted by molar-refractivity contribution is 7.89. The van der Waals surface area contributed by atoms with Crippen molar-refractivity contribution in [1.82, 2.24) is 14.8 Å². The van der Waals surface area contributed by atoms with E-state index in [1.807, 2.05) is 0 Å². The molecule has 1 aliphatic carbocycles. The molecule has 1 aromatic heterocycles. The molecule has 2 aliphatic heterocycles. The van der Waals surface area contributed by atoms with Crippen LogP contribution in [0.25, 0.3) is 0 Å². The van der Waals surface area contributed by atoms with E-state index in [0.717, 1.165) is 24.5 Å². The SMILES string of the molecule is NS(=O)(=O)C1CCN(C(=O)N2CC3(CC(Cc4ccc(C(F)(F)F)nc4)C3)C2)C1. The molecule has 2 amide bonds. The maximum Gasteiger partial charge on any atom is 0.433 e. The highest BCUT2D eigenvalue weighted by atomic mass is 32.2. The summed E-state index contributed by atoms with van der Waals surface area (Å²) < 4.78 is 60.6. The van der Waals surface area contributed by atoms with Gasteiger partial charge in [-0.15, -0.1) is 0 Å². The first kappa shape index (κ1) is 20.4. The number of hydrogen-bond acceptors (Lipinski definition) is 4. The topological polar surface area (TPSA) is 96.6 Å². The number of aromatic nitrogens is 1. The fourth-order valence-electron chi connectivity index (χ4n) is 4.88. The Morgan fingerprint density at radius 1 is 1.24 bits per heavy atom. The molecular weight excluding hydrogens is 409 g/mol. The van der Waals surface area contributed by atoms with Crippen LogP contribution in [0.5, 0.6) is 0 Å². The third kappa shape index (κ3) is 4.07. The predicted molar refractivity (Wildman–Crippen MR) is 98.2 cm³/mol. The Labute approximate surface area is 167 Å². The van der Waals surface area contributed by atoms with E-state index >= 15 is 0 Å². The summed E-state index contributed by atoms with van der Waals surface area (Å²) in [5.41, 5.74) is 0.000849. The number of halogens is 3. The largest absolute Gasteiger partial charge is 0.433 e. The summed E-state index contributed by atoms with van der Waals surface area (Å²) in [6.07, 6.45) is -0.227. The minimum absolute atomic E-state index is 0.0960. The van der Waals surface area contributed by atoms with Crippen molar-refractivity contribution in [2.45, 2.75) is 37.1 Å². The van der Waals surface area contributed by atoms with E-state index in [1.165, 1.54) is 12.3 Å². The monoisotopic (exact) mass is 432 g/mol. The second-order valence-electron chi connectivity index (χ2n) is 8.61. The maximum atomic E-state index is 12.6. The lowest BCUT2D eigenvalue weighted by molar-refractivity contribution is -0.141. The molecule has 1 saturated carbocycles. The summed E-state index contributed by atoms with van der Waals surface area (Å²) in [5.74, 6) is 0.379. The fourth-order valence-corrected chi connectivity index (χ4v) is 5.70. The molecule has 29 heavy (non-hydrogen) atoms. The van der Waals surface area contributed by atoms with Crippen molar-refractivity contribution in [2.75, 3.05) is 26.2 Å². The Kier molecular flexibility index (Phi) is 4.80. The van der Waals surface area contributed by atoms with Crippen LogP contribution in [0.4, 0.5) is 18.0 Å². The molecule has 1 aromatic rings. The van der Waals surface area contributed by atoms with Crippen LogP contribution >= 0.6 is 0 Å². The lowest BCUT2D eigenvalue weighted by atomic mass is 9.56. The Bertz CT molecular complexity index is 890. The molecule has 11 heteroatoms. The molecule has 0 radical (unpaired) electrons. The summed E-state index contributed by atoms with van der Waals surface area (Å²) in [4.78, 5) is 19.3. The molecule has 2 N–H and O–H groups in total. The van der Waals surface area contributed by atoms with Gasteiger partial charge in [0.15, 0.2) is 0 Å². The van der Waals surface area contributed by atoms with Crippen LogP contribution in [0.1, 0.15) is 30.5 Å². The second-order valence-corrected chi connectivity index (χ2v) is 10.5. The Morgan fingerprint density at radius 2 is 1.93 bits per heavy atom. The number of nitrogens with zero attached hydrogens (tertiary/aromatic N) is 3. The number of nitrogens with two attached hydrogens (primary N) is 1. The fraction of sp³-hybridized carbons (Fsp3) is 0.667. The van der Waals surface area contributed by atoms with Crippen molar-refractivity contribution >= 4 is 16.1 Å². The highest BCUT2D eigenvalue weighted by Crippen LogP contribution is 2.53. The van der Waals surface area contributed by atoms with Gasteiger partial charge < -0.3 is 9.80 Å². The van der Waals surface area contributed by atoms with Gasteiger partial charge in [-0.05, 0) is 43.2 Å². The molecule has 1 unspecified atom stereocenters. The van der Waals surface area contributed by atoms with Gasteiger partial charge >= 0.3 is 12.2 Å².